The molecule has 0 aliphatic rings. The molecule has 1 heterocycles. The molecular weight excluding hydrogens is 184 g/mol. The Hall–Kier alpha value is -2.17. The van der Waals surface area contributed by atoms with Gasteiger partial charge in [0.05, 0.1) is 6.20 Å². The van der Waals surface area contributed by atoms with Crippen LogP contribution in [0.25, 0.3) is 10.8 Å². The minimum absolute atomic E-state index is 0.00981. The number of aromatic nitrogens is 2. The molecule has 0 aliphatic heterocycles. The lowest BCUT2D eigenvalue weighted by Gasteiger charge is -2.01. The fourth-order valence-electron chi connectivity index (χ4n) is 1.16. The lowest BCUT2D eigenvalue weighted by molar-refractivity contribution is 0.143. The Kier molecular flexibility index (Phi) is 1.98. The SMILES string of the molecule is O=C(O)Oc1nncc2ccccc12. The van der Waals surface area contributed by atoms with Crippen LogP contribution in [0.5, 0.6) is 5.88 Å². The van der Waals surface area contributed by atoms with Gasteiger partial charge in [-0.3, -0.25) is 0 Å². The van der Waals surface area contributed by atoms with Crippen molar-refractivity contribution in [3.05, 3.63) is 30.5 Å². The van der Waals surface area contributed by atoms with E-state index < -0.39 is 6.16 Å². The third kappa shape index (κ3) is 1.47. The van der Waals surface area contributed by atoms with Gasteiger partial charge in [-0.15, -0.1) is 5.10 Å². The van der Waals surface area contributed by atoms with Crippen LogP contribution in [0.15, 0.2) is 30.5 Å². The zero-order valence-electron chi connectivity index (χ0n) is 7.04. The molecule has 0 aliphatic carbocycles. The summed E-state index contributed by atoms with van der Waals surface area (Å²) in [6.07, 6.45) is 0.153. The highest BCUT2D eigenvalue weighted by Gasteiger charge is 2.07. The van der Waals surface area contributed by atoms with Crippen molar-refractivity contribution in [3.63, 3.8) is 0 Å². The number of benzene rings is 1. The summed E-state index contributed by atoms with van der Waals surface area (Å²) in [5, 5.41) is 17.1. The molecule has 0 saturated heterocycles. The summed E-state index contributed by atoms with van der Waals surface area (Å²) in [6, 6.07) is 7.13. The average Bonchev–Trinajstić information content (AvgIpc) is 2.18. The Morgan fingerprint density at radius 3 is 2.93 bits per heavy atom. The van der Waals surface area contributed by atoms with Crippen molar-refractivity contribution in [2.75, 3.05) is 0 Å². The van der Waals surface area contributed by atoms with Crippen molar-refractivity contribution in [1.29, 1.82) is 0 Å². The molecule has 0 atom stereocenters. The largest absolute Gasteiger partial charge is 0.512 e. The van der Waals surface area contributed by atoms with Crippen LogP contribution in [0.1, 0.15) is 0 Å². The predicted octanol–water partition coefficient (Wildman–Crippen LogP) is 1.69. The van der Waals surface area contributed by atoms with E-state index in [4.69, 9.17) is 5.11 Å². The molecule has 0 bridgehead atoms. The van der Waals surface area contributed by atoms with Gasteiger partial charge < -0.3 is 9.84 Å². The summed E-state index contributed by atoms with van der Waals surface area (Å²) < 4.78 is 4.47. The van der Waals surface area contributed by atoms with Crippen LogP contribution in [0, 0.1) is 0 Å². The molecule has 0 fully saturated rings. The van der Waals surface area contributed by atoms with Crippen LogP contribution >= 0.6 is 0 Å². The average molecular weight is 190 g/mol. The second kappa shape index (κ2) is 3.29. The quantitative estimate of drug-likeness (QED) is 0.692. The summed E-state index contributed by atoms with van der Waals surface area (Å²) in [5.41, 5.74) is 0. The van der Waals surface area contributed by atoms with Crippen LogP contribution in [0.3, 0.4) is 0 Å². The molecule has 14 heavy (non-hydrogen) atoms. The topological polar surface area (TPSA) is 72.3 Å². The number of carboxylic acid groups (broad SMARTS) is 1. The highest BCUT2D eigenvalue weighted by atomic mass is 16.7. The van der Waals surface area contributed by atoms with E-state index in [0.29, 0.717) is 5.39 Å². The zero-order chi connectivity index (χ0) is 9.97. The minimum atomic E-state index is -1.39. The molecule has 1 aromatic carbocycles. The smallest absolute Gasteiger partial charge is 0.449 e. The molecule has 0 spiro atoms. The molecular formula is C9H6N2O3. The van der Waals surface area contributed by atoms with E-state index in [9.17, 15) is 4.79 Å². The Bertz CT molecular complexity index is 479. The summed E-state index contributed by atoms with van der Waals surface area (Å²) in [5.74, 6) is 0.00981. The number of hydrogen-bond donors (Lipinski definition) is 1. The number of ether oxygens (including phenoxy) is 1. The molecule has 0 unspecified atom stereocenters. The van der Waals surface area contributed by atoms with E-state index in [2.05, 4.69) is 14.9 Å². The summed E-state index contributed by atoms with van der Waals surface area (Å²) in [4.78, 5) is 10.3. The van der Waals surface area contributed by atoms with Crippen LogP contribution in [-0.4, -0.2) is 21.5 Å². The number of carbonyl (C=O) groups is 1. The van der Waals surface area contributed by atoms with Gasteiger partial charge in [0.25, 0.3) is 5.88 Å². The Balaban J connectivity index is 2.59. The van der Waals surface area contributed by atoms with Gasteiger partial charge in [-0.05, 0) is 6.07 Å². The Morgan fingerprint density at radius 2 is 2.14 bits per heavy atom. The van der Waals surface area contributed by atoms with Gasteiger partial charge in [-0.2, -0.15) is 5.10 Å². The van der Waals surface area contributed by atoms with Crippen LogP contribution < -0.4 is 4.74 Å². The summed E-state index contributed by atoms with van der Waals surface area (Å²) in [6.45, 7) is 0. The maximum absolute atomic E-state index is 10.3. The Morgan fingerprint density at radius 1 is 1.36 bits per heavy atom. The lowest BCUT2D eigenvalue weighted by Crippen LogP contribution is -2.05. The predicted molar refractivity (Wildman–Crippen MR) is 48.2 cm³/mol. The fourth-order valence-corrected chi connectivity index (χ4v) is 1.16. The number of hydrogen-bond acceptors (Lipinski definition) is 4. The normalized spacial score (nSPS) is 10.0. The van der Waals surface area contributed by atoms with Gasteiger partial charge in [-0.1, -0.05) is 18.2 Å². The van der Waals surface area contributed by atoms with Crippen molar-refractivity contribution in [1.82, 2.24) is 10.2 Å². The van der Waals surface area contributed by atoms with Crippen molar-refractivity contribution in [2.45, 2.75) is 0 Å². The molecule has 5 heteroatoms. The van der Waals surface area contributed by atoms with E-state index in [1.807, 2.05) is 6.07 Å². The molecule has 0 saturated carbocycles. The van der Waals surface area contributed by atoms with E-state index in [1.165, 1.54) is 0 Å². The highest BCUT2D eigenvalue weighted by Crippen LogP contribution is 2.20. The maximum Gasteiger partial charge on any atom is 0.512 e. The standard InChI is InChI=1S/C9H6N2O3/c12-9(13)14-8-7-4-2-1-3-6(7)5-10-11-8/h1-5H,(H,12,13). The van der Waals surface area contributed by atoms with E-state index in [0.717, 1.165) is 5.39 Å². The number of rotatable bonds is 1. The third-order valence-corrected chi connectivity index (χ3v) is 1.72. The highest BCUT2D eigenvalue weighted by molar-refractivity contribution is 5.87. The van der Waals surface area contributed by atoms with E-state index in [1.54, 1.807) is 24.4 Å². The molecule has 1 N–H and O–H groups in total. The third-order valence-electron chi connectivity index (χ3n) is 1.72. The molecule has 0 amide bonds. The summed E-state index contributed by atoms with van der Waals surface area (Å²) >= 11 is 0. The first kappa shape index (κ1) is 8.43. The van der Waals surface area contributed by atoms with Crippen molar-refractivity contribution in [2.24, 2.45) is 0 Å². The molecule has 1 aromatic heterocycles. The van der Waals surface area contributed by atoms with Crippen molar-refractivity contribution >= 4 is 16.9 Å². The first-order chi connectivity index (χ1) is 6.77. The van der Waals surface area contributed by atoms with Gasteiger partial charge in [-0.25, -0.2) is 4.79 Å². The molecule has 2 rings (SSSR count). The van der Waals surface area contributed by atoms with Gasteiger partial charge in [0.1, 0.15) is 0 Å². The number of fused-ring (bicyclic) bond motifs is 1. The van der Waals surface area contributed by atoms with Gasteiger partial charge in [0.15, 0.2) is 0 Å². The first-order valence-electron chi connectivity index (χ1n) is 3.88. The fraction of sp³-hybridized carbons (Fsp3) is 0. The molecule has 0 radical (unpaired) electrons. The summed E-state index contributed by atoms with van der Waals surface area (Å²) in [7, 11) is 0. The monoisotopic (exact) mass is 190 g/mol. The van der Waals surface area contributed by atoms with Crippen LogP contribution in [-0.2, 0) is 0 Å². The Labute approximate surface area is 79.0 Å². The second-order valence-electron chi connectivity index (χ2n) is 2.60. The minimum Gasteiger partial charge on any atom is -0.449 e. The van der Waals surface area contributed by atoms with Gasteiger partial charge >= 0.3 is 6.16 Å². The van der Waals surface area contributed by atoms with Gasteiger partial charge in [0, 0.05) is 10.8 Å². The van der Waals surface area contributed by atoms with Crippen molar-refractivity contribution in [3.8, 4) is 5.88 Å². The zero-order valence-corrected chi connectivity index (χ0v) is 7.04. The van der Waals surface area contributed by atoms with Crippen LogP contribution in [0.4, 0.5) is 4.79 Å². The lowest BCUT2D eigenvalue weighted by atomic mass is 10.2. The van der Waals surface area contributed by atoms with Crippen LogP contribution in [0.2, 0.25) is 0 Å². The maximum atomic E-state index is 10.3. The number of nitrogens with zero attached hydrogens (tertiary/aromatic N) is 2. The first-order valence-corrected chi connectivity index (χ1v) is 3.88. The van der Waals surface area contributed by atoms with E-state index >= 15 is 0 Å². The van der Waals surface area contributed by atoms with E-state index in [-0.39, 0.29) is 5.88 Å². The molecule has 2 aromatic rings. The molecule has 70 valence electrons. The van der Waals surface area contributed by atoms with Crippen molar-refractivity contribution < 1.29 is 14.6 Å². The second-order valence-corrected chi connectivity index (χ2v) is 2.60. The molecule has 5 nitrogen and oxygen atoms in total. The van der Waals surface area contributed by atoms with Gasteiger partial charge in [0.2, 0.25) is 0 Å².